The number of rotatable bonds is 14. The minimum Gasteiger partial charge on any atom is -0.374 e. The van der Waals surface area contributed by atoms with Crippen molar-refractivity contribution in [3.05, 3.63) is 0 Å². The molecule has 0 aromatic carbocycles. The number of unbranched alkanes of at least 4 members (excludes halogenated alkanes) is 7. The lowest BCUT2D eigenvalue weighted by Crippen LogP contribution is -2.44. The molecule has 0 atom stereocenters. The SMILES string of the molecule is CCCCCCCCCC(OCCCC)(C(C)C)C(C)C. The van der Waals surface area contributed by atoms with Crippen molar-refractivity contribution in [1.29, 1.82) is 0 Å². The summed E-state index contributed by atoms with van der Waals surface area (Å²) < 4.78 is 6.44. The summed E-state index contributed by atoms with van der Waals surface area (Å²) in [6.45, 7) is 14.8. The molecule has 0 saturated heterocycles. The molecule has 128 valence electrons. The van der Waals surface area contributed by atoms with E-state index < -0.39 is 0 Å². The third kappa shape index (κ3) is 8.24. The highest BCUT2D eigenvalue weighted by Crippen LogP contribution is 2.36. The summed E-state index contributed by atoms with van der Waals surface area (Å²) in [7, 11) is 0. The van der Waals surface area contributed by atoms with Crippen LogP contribution in [0.2, 0.25) is 0 Å². The van der Waals surface area contributed by atoms with Gasteiger partial charge in [0.05, 0.1) is 5.60 Å². The van der Waals surface area contributed by atoms with Crippen molar-refractivity contribution in [2.75, 3.05) is 6.61 Å². The Bertz CT molecular complexity index is 212. The lowest BCUT2D eigenvalue weighted by atomic mass is 9.76. The van der Waals surface area contributed by atoms with E-state index in [1.54, 1.807) is 0 Å². The van der Waals surface area contributed by atoms with Crippen LogP contribution in [0.3, 0.4) is 0 Å². The average Bonchev–Trinajstić information content (AvgIpc) is 2.43. The van der Waals surface area contributed by atoms with Gasteiger partial charge in [-0.1, -0.05) is 92.9 Å². The average molecular weight is 299 g/mol. The monoisotopic (exact) mass is 298 g/mol. The van der Waals surface area contributed by atoms with Crippen LogP contribution in [0.5, 0.6) is 0 Å². The normalized spacial score (nSPS) is 12.6. The number of ether oxygens (including phenoxy) is 1. The van der Waals surface area contributed by atoms with E-state index in [2.05, 4.69) is 41.5 Å². The molecule has 0 amide bonds. The Morgan fingerprint density at radius 3 is 1.62 bits per heavy atom. The van der Waals surface area contributed by atoms with Crippen LogP contribution in [0.15, 0.2) is 0 Å². The molecule has 0 aromatic heterocycles. The summed E-state index contributed by atoms with van der Waals surface area (Å²) in [5.74, 6) is 1.21. The largest absolute Gasteiger partial charge is 0.374 e. The van der Waals surface area contributed by atoms with E-state index in [4.69, 9.17) is 4.74 Å². The molecule has 1 nitrogen and oxygen atoms in total. The van der Waals surface area contributed by atoms with Crippen LogP contribution in [0.4, 0.5) is 0 Å². The molecule has 0 spiro atoms. The van der Waals surface area contributed by atoms with Crippen LogP contribution >= 0.6 is 0 Å². The fourth-order valence-electron chi connectivity index (χ4n) is 3.41. The topological polar surface area (TPSA) is 9.23 Å². The fraction of sp³-hybridized carbons (Fsp3) is 1.00. The highest BCUT2D eigenvalue weighted by molar-refractivity contribution is 4.87. The maximum absolute atomic E-state index is 6.44. The molecule has 0 aliphatic rings. The quantitative estimate of drug-likeness (QED) is 0.314. The lowest BCUT2D eigenvalue weighted by Gasteiger charge is -2.42. The van der Waals surface area contributed by atoms with Gasteiger partial charge < -0.3 is 4.74 Å². The van der Waals surface area contributed by atoms with Gasteiger partial charge in [-0.25, -0.2) is 0 Å². The molecule has 0 bridgehead atoms. The van der Waals surface area contributed by atoms with Gasteiger partial charge in [0.2, 0.25) is 0 Å². The highest BCUT2D eigenvalue weighted by Gasteiger charge is 2.37. The van der Waals surface area contributed by atoms with E-state index in [1.807, 2.05) is 0 Å². The minimum absolute atomic E-state index is 0.0958. The van der Waals surface area contributed by atoms with Gasteiger partial charge in [0, 0.05) is 6.61 Å². The van der Waals surface area contributed by atoms with Gasteiger partial charge in [-0.2, -0.15) is 0 Å². The van der Waals surface area contributed by atoms with Crippen molar-refractivity contribution < 1.29 is 4.74 Å². The summed E-state index contributed by atoms with van der Waals surface area (Å²) in [5, 5.41) is 0. The lowest BCUT2D eigenvalue weighted by molar-refractivity contribution is -0.117. The second kappa shape index (κ2) is 12.5. The third-order valence-corrected chi connectivity index (χ3v) is 4.99. The maximum Gasteiger partial charge on any atom is 0.0728 e. The molecule has 0 radical (unpaired) electrons. The van der Waals surface area contributed by atoms with E-state index in [1.165, 1.54) is 64.2 Å². The molecule has 0 N–H and O–H groups in total. The first-order valence-corrected chi connectivity index (χ1v) is 9.65. The second-order valence-corrected chi connectivity index (χ2v) is 7.34. The molecule has 0 aliphatic carbocycles. The molecule has 1 heteroatoms. The van der Waals surface area contributed by atoms with Gasteiger partial charge in [0.1, 0.15) is 0 Å². The van der Waals surface area contributed by atoms with Crippen LogP contribution in [-0.2, 0) is 4.74 Å². The Balaban J connectivity index is 4.20. The first-order chi connectivity index (χ1) is 10.0. The van der Waals surface area contributed by atoms with Gasteiger partial charge in [-0.05, 0) is 24.7 Å². The summed E-state index contributed by atoms with van der Waals surface area (Å²) >= 11 is 0. The van der Waals surface area contributed by atoms with Crippen molar-refractivity contribution in [3.63, 3.8) is 0 Å². The van der Waals surface area contributed by atoms with E-state index in [9.17, 15) is 0 Å². The Labute approximate surface area is 135 Å². The summed E-state index contributed by atoms with van der Waals surface area (Å²) in [6.07, 6.45) is 13.3. The zero-order valence-electron chi connectivity index (χ0n) is 15.8. The molecule has 0 heterocycles. The van der Waals surface area contributed by atoms with E-state index >= 15 is 0 Å². The molecule has 0 rings (SSSR count). The van der Waals surface area contributed by atoms with Crippen molar-refractivity contribution in [2.24, 2.45) is 11.8 Å². The molecule has 0 aliphatic heterocycles. The molecule has 0 fully saturated rings. The van der Waals surface area contributed by atoms with Gasteiger partial charge in [-0.15, -0.1) is 0 Å². The van der Waals surface area contributed by atoms with Crippen LogP contribution in [0, 0.1) is 11.8 Å². The first-order valence-electron chi connectivity index (χ1n) is 9.65. The van der Waals surface area contributed by atoms with Crippen LogP contribution in [-0.4, -0.2) is 12.2 Å². The zero-order valence-corrected chi connectivity index (χ0v) is 15.8. The standard InChI is InChI=1S/C20H42O/c1-7-9-11-12-13-14-15-16-20(18(3)4,19(5)6)21-17-10-8-2/h18-19H,7-17H2,1-6H3. The number of hydrogen-bond acceptors (Lipinski definition) is 1. The van der Waals surface area contributed by atoms with E-state index in [-0.39, 0.29) is 5.60 Å². The first kappa shape index (κ1) is 21.0. The highest BCUT2D eigenvalue weighted by atomic mass is 16.5. The summed E-state index contributed by atoms with van der Waals surface area (Å²) in [5.41, 5.74) is 0.0958. The van der Waals surface area contributed by atoms with E-state index in [0.29, 0.717) is 11.8 Å². The Kier molecular flexibility index (Phi) is 12.5. The van der Waals surface area contributed by atoms with Gasteiger partial charge in [-0.3, -0.25) is 0 Å². The van der Waals surface area contributed by atoms with Crippen LogP contribution in [0.1, 0.15) is 106 Å². The second-order valence-electron chi connectivity index (χ2n) is 7.34. The Morgan fingerprint density at radius 1 is 0.667 bits per heavy atom. The van der Waals surface area contributed by atoms with Gasteiger partial charge >= 0.3 is 0 Å². The Hall–Kier alpha value is -0.0400. The molecular weight excluding hydrogens is 256 g/mol. The third-order valence-electron chi connectivity index (χ3n) is 4.99. The van der Waals surface area contributed by atoms with Crippen molar-refractivity contribution in [1.82, 2.24) is 0 Å². The molecule has 0 unspecified atom stereocenters. The Morgan fingerprint density at radius 2 is 1.14 bits per heavy atom. The fourth-order valence-corrected chi connectivity index (χ4v) is 3.41. The van der Waals surface area contributed by atoms with Crippen LogP contribution in [0.25, 0.3) is 0 Å². The zero-order chi connectivity index (χ0) is 16.1. The molecule has 21 heavy (non-hydrogen) atoms. The van der Waals surface area contributed by atoms with Crippen molar-refractivity contribution >= 4 is 0 Å². The maximum atomic E-state index is 6.44. The number of hydrogen-bond donors (Lipinski definition) is 0. The molecule has 0 saturated carbocycles. The van der Waals surface area contributed by atoms with Crippen molar-refractivity contribution in [3.8, 4) is 0 Å². The minimum atomic E-state index is 0.0958. The van der Waals surface area contributed by atoms with E-state index in [0.717, 1.165) is 6.61 Å². The predicted octanol–water partition coefficient (Wildman–Crippen LogP) is 6.99. The van der Waals surface area contributed by atoms with Gasteiger partial charge in [0.15, 0.2) is 0 Å². The summed E-state index contributed by atoms with van der Waals surface area (Å²) in [6, 6.07) is 0. The van der Waals surface area contributed by atoms with Crippen molar-refractivity contribution in [2.45, 2.75) is 111 Å². The predicted molar refractivity (Wildman–Crippen MR) is 95.9 cm³/mol. The van der Waals surface area contributed by atoms with Gasteiger partial charge in [0.25, 0.3) is 0 Å². The summed E-state index contributed by atoms with van der Waals surface area (Å²) in [4.78, 5) is 0. The molecular formula is C20H42O. The van der Waals surface area contributed by atoms with Crippen LogP contribution < -0.4 is 0 Å². The smallest absolute Gasteiger partial charge is 0.0728 e. The molecule has 0 aromatic rings.